The summed E-state index contributed by atoms with van der Waals surface area (Å²) in [6, 6.07) is 9.99. The lowest BCUT2D eigenvalue weighted by Crippen LogP contribution is -2.41. The number of aromatic nitrogens is 2. The summed E-state index contributed by atoms with van der Waals surface area (Å²) in [7, 11) is 0. The summed E-state index contributed by atoms with van der Waals surface area (Å²) in [5, 5.41) is 22.0. The highest BCUT2D eigenvalue weighted by Crippen LogP contribution is 2.21. The van der Waals surface area contributed by atoms with Crippen molar-refractivity contribution in [2.24, 2.45) is 0 Å². The molecule has 22 heavy (non-hydrogen) atoms. The summed E-state index contributed by atoms with van der Waals surface area (Å²) >= 11 is 1.53. The van der Waals surface area contributed by atoms with E-state index in [-0.39, 0.29) is 6.54 Å². The Balaban J connectivity index is 1.94. The molecule has 7 heteroatoms. The average Bonchev–Trinajstić information content (AvgIpc) is 2.52. The number of rotatable bonds is 7. The normalized spacial score (nSPS) is 13.4. The number of hydrogen-bond donors (Lipinski definition) is 3. The van der Waals surface area contributed by atoms with Gasteiger partial charge in [-0.3, -0.25) is 4.98 Å². The third kappa shape index (κ3) is 4.71. The zero-order valence-corrected chi connectivity index (χ0v) is 12.9. The first-order chi connectivity index (χ1) is 10.5. The summed E-state index contributed by atoms with van der Waals surface area (Å²) in [6.45, 7) is 1.08. The van der Waals surface area contributed by atoms with E-state index >= 15 is 0 Å². The number of nitrogens with one attached hydrogen (secondary N) is 1. The summed E-state index contributed by atoms with van der Waals surface area (Å²) in [4.78, 5) is 19.2. The first-order valence-electron chi connectivity index (χ1n) is 6.66. The quantitative estimate of drug-likeness (QED) is 0.672. The van der Waals surface area contributed by atoms with E-state index in [0.717, 1.165) is 10.8 Å². The number of aliphatic hydroxyl groups is 1. The Labute approximate surface area is 132 Å². The molecule has 1 aromatic carbocycles. The van der Waals surface area contributed by atoms with Crippen LogP contribution in [0.4, 0.5) is 5.82 Å². The van der Waals surface area contributed by atoms with E-state index in [4.69, 9.17) is 5.11 Å². The van der Waals surface area contributed by atoms with Crippen LogP contribution in [0.5, 0.6) is 0 Å². The van der Waals surface area contributed by atoms with Crippen molar-refractivity contribution in [2.75, 3.05) is 11.9 Å². The number of thioether (sulfide) groups is 1. The molecule has 0 aliphatic carbocycles. The van der Waals surface area contributed by atoms with Crippen molar-refractivity contribution in [1.82, 2.24) is 9.97 Å². The van der Waals surface area contributed by atoms with Crippen molar-refractivity contribution in [3.8, 4) is 0 Å². The number of carboxylic acids is 1. The second-order valence-electron chi connectivity index (χ2n) is 4.95. The predicted octanol–water partition coefficient (Wildman–Crippen LogP) is 2.02. The fraction of sp³-hybridized carbons (Fsp3) is 0.267. The van der Waals surface area contributed by atoms with Gasteiger partial charge in [0.2, 0.25) is 0 Å². The van der Waals surface area contributed by atoms with Crippen LogP contribution < -0.4 is 5.32 Å². The lowest BCUT2D eigenvalue weighted by Gasteiger charge is -2.18. The fourth-order valence-electron chi connectivity index (χ4n) is 1.57. The van der Waals surface area contributed by atoms with Gasteiger partial charge in [0.15, 0.2) is 5.60 Å². The van der Waals surface area contributed by atoms with Crippen LogP contribution in [0.3, 0.4) is 0 Å². The number of hydrogen-bond acceptors (Lipinski definition) is 6. The maximum Gasteiger partial charge on any atom is 0.337 e. The highest BCUT2D eigenvalue weighted by atomic mass is 32.2. The number of anilines is 1. The molecule has 6 nitrogen and oxygen atoms in total. The molecule has 0 fully saturated rings. The molecule has 0 amide bonds. The van der Waals surface area contributed by atoms with Gasteiger partial charge in [-0.2, -0.15) is 0 Å². The molecule has 0 bridgehead atoms. The molecular weight excluding hydrogens is 302 g/mol. The van der Waals surface area contributed by atoms with Gasteiger partial charge in [0, 0.05) is 5.75 Å². The van der Waals surface area contributed by atoms with Crippen LogP contribution in [0.15, 0.2) is 47.8 Å². The van der Waals surface area contributed by atoms with Gasteiger partial charge in [-0.15, -0.1) is 11.8 Å². The summed E-state index contributed by atoms with van der Waals surface area (Å²) in [5.41, 5.74) is -0.670. The van der Waals surface area contributed by atoms with Crippen LogP contribution >= 0.6 is 11.8 Å². The van der Waals surface area contributed by atoms with Crippen molar-refractivity contribution >= 4 is 23.5 Å². The predicted molar refractivity (Wildman–Crippen MR) is 84.8 cm³/mol. The van der Waals surface area contributed by atoms with Crippen molar-refractivity contribution in [2.45, 2.75) is 23.3 Å². The Morgan fingerprint density at radius 2 is 2.05 bits per heavy atom. The first-order valence-corrected chi connectivity index (χ1v) is 7.64. The molecule has 0 aliphatic heterocycles. The molecule has 1 atom stereocenters. The molecule has 0 spiro atoms. The second kappa shape index (κ2) is 7.24. The van der Waals surface area contributed by atoms with Crippen LogP contribution in [0, 0.1) is 0 Å². The lowest BCUT2D eigenvalue weighted by atomic mass is 10.1. The van der Waals surface area contributed by atoms with E-state index in [1.54, 1.807) is 6.20 Å². The summed E-state index contributed by atoms with van der Waals surface area (Å²) in [5.74, 6) is -0.0895. The topological polar surface area (TPSA) is 95.3 Å². The minimum atomic E-state index is -1.85. The van der Waals surface area contributed by atoms with Gasteiger partial charge in [-0.25, -0.2) is 9.78 Å². The van der Waals surface area contributed by atoms with E-state index in [9.17, 15) is 9.90 Å². The fourth-order valence-corrected chi connectivity index (χ4v) is 2.38. The molecule has 3 N–H and O–H groups in total. The van der Waals surface area contributed by atoms with Crippen LogP contribution in [-0.2, 0) is 10.5 Å². The molecule has 1 heterocycles. The van der Waals surface area contributed by atoms with Crippen molar-refractivity contribution < 1.29 is 15.0 Å². The van der Waals surface area contributed by atoms with Crippen LogP contribution in [-0.4, -0.2) is 38.3 Å². The highest BCUT2D eigenvalue weighted by Gasteiger charge is 2.29. The Hall–Kier alpha value is -2.12. The Morgan fingerprint density at radius 3 is 2.73 bits per heavy atom. The molecule has 116 valence electrons. The largest absolute Gasteiger partial charge is 0.479 e. The Bertz CT molecular complexity index is 635. The van der Waals surface area contributed by atoms with Crippen molar-refractivity contribution in [3.05, 3.63) is 48.3 Å². The van der Waals surface area contributed by atoms with E-state index < -0.39 is 11.6 Å². The zero-order valence-electron chi connectivity index (χ0n) is 12.1. The smallest absolute Gasteiger partial charge is 0.337 e. The lowest BCUT2D eigenvalue weighted by molar-refractivity contribution is -0.155. The minimum Gasteiger partial charge on any atom is -0.479 e. The summed E-state index contributed by atoms with van der Waals surface area (Å²) < 4.78 is 0. The highest BCUT2D eigenvalue weighted by molar-refractivity contribution is 7.98. The van der Waals surface area contributed by atoms with Gasteiger partial charge in [0.05, 0.1) is 18.9 Å². The third-order valence-corrected chi connectivity index (χ3v) is 3.89. The SMILES string of the molecule is CC(O)(CNc1cncc(SCc2ccccc2)n1)C(=O)O. The zero-order chi connectivity index (χ0) is 16.0. The van der Waals surface area contributed by atoms with Gasteiger partial charge in [-0.1, -0.05) is 30.3 Å². The maximum absolute atomic E-state index is 10.8. The molecule has 0 saturated heterocycles. The number of nitrogens with zero attached hydrogens (tertiary/aromatic N) is 2. The van der Waals surface area contributed by atoms with E-state index in [2.05, 4.69) is 15.3 Å². The molecule has 1 unspecified atom stereocenters. The van der Waals surface area contributed by atoms with Gasteiger partial charge < -0.3 is 15.5 Å². The number of benzene rings is 1. The monoisotopic (exact) mass is 319 g/mol. The van der Waals surface area contributed by atoms with E-state index in [1.165, 1.54) is 30.4 Å². The number of carbonyl (C=O) groups is 1. The Morgan fingerprint density at radius 1 is 1.32 bits per heavy atom. The van der Waals surface area contributed by atoms with Crippen LogP contribution in [0.25, 0.3) is 0 Å². The molecule has 2 rings (SSSR count). The van der Waals surface area contributed by atoms with Crippen molar-refractivity contribution in [1.29, 1.82) is 0 Å². The standard InChI is InChI=1S/C15H17N3O3S/c1-15(21,14(19)20)10-17-12-7-16-8-13(18-12)22-9-11-5-3-2-4-6-11/h2-8,21H,9-10H2,1H3,(H,17,18)(H,19,20). The molecule has 2 aromatic rings. The third-order valence-electron chi connectivity index (χ3n) is 2.92. The van der Waals surface area contributed by atoms with Crippen LogP contribution in [0.1, 0.15) is 12.5 Å². The van der Waals surface area contributed by atoms with E-state index in [1.807, 2.05) is 30.3 Å². The second-order valence-corrected chi connectivity index (χ2v) is 5.95. The van der Waals surface area contributed by atoms with Crippen molar-refractivity contribution in [3.63, 3.8) is 0 Å². The summed E-state index contributed by atoms with van der Waals surface area (Å²) in [6.07, 6.45) is 3.14. The minimum absolute atomic E-state index is 0.149. The molecular formula is C15H17N3O3S. The van der Waals surface area contributed by atoms with Gasteiger partial charge in [-0.05, 0) is 12.5 Å². The molecule has 0 aliphatic rings. The molecule has 0 radical (unpaired) electrons. The van der Waals surface area contributed by atoms with Crippen LogP contribution in [0.2, 0.25) is 0 Å². The van der Waals surface area contributed by atoms with E-state index in [0.29, 0.717) is 5.82 Å². The number of aliphatic carboxylic acids is 1. The first kappa shape index (κ1) is 16.3. The average molecular weight is 319 g/mol. The molecule has 0 saturated carbocycles. The van der Waals surface area contributed by atoms with Gasteiger partial charge >= 0.3 is 5.97 Å². The molecule has 1 aromatic heterocycles. The maximum atomic E-state index is 10.8. The van der Waals surface area contributed by atoms with Gasteiger partial charge in [0.25, 0.3) is 0 Å². The number of carboxylic acid groups (broad SMARTS) is 1. The Kier molecular flexibility index (Phi) is 5.35. The van der Waals surface area contributed by atoms with Gasteiger partial charge in [0.1, 0.15) is 10.8 Å².